The van der Waals surface area contributed by atoms with Crippen molar-refractivity contribution in [3.63, 3.8) is 0 Å². The standard InChI is InChI=1S/C10H8BrN3O2S/c11-8-4-13-10(17-8)14-9(16)6-3-5(15)1-2-7(6)12/h1-4,15H,12H2,(H,13,14,16). The maximum absolute atomic E-state index is 11.8. The number of benzene rings is 1. The van der Waals surface area contributed by atoms with E-state index in [1.165, 1.54) is 29.5 Å². The molecule has 4 N–H and O–H groups in total. The van der Waals surface area contributed by atoms with Crippen molar-refractivity contribution < 1.29 is 9.90 Å². The molecule has 7 heteroatoms. The van der Waals surface area contributed by atoms with Gasteiger partial charge in [0.15, 0.2) is 5.13 Å². The van der Waals surface area contributed by atoms with Crippen molar-refractivity contribution in [2.75, 3.05) is 11.1 Å². The number of aromatic nitrogens is 1. The Hall–Kier alpha value is -1.60. The molecule has 5 nitrogen and oxygen atoms in total. The van der Waals surface area contributed by atoms with E-state index in [0.717, 1.165) is 3.79 Å². The van der Waals surface area contributed by atoms with Crippen LogP contribution in [0.25, 0.3) is 0 Å². The molecule has 0 aliphatic carbocycles. The molecule has 0 fully saturated rings. The molecular weight excluding hydrogens is 306 g/mol. The molecule has 0 spiro atoms. The number of carbonyl (C=O) groups is 1. The number of nitrogens with one attached hydrogen (secondary N) is 1. The second kappa shape index (κ2) is 4.72. The van der Waals surface area contributed by atoms with E-state index in [9.17, 15) is 9.90 Å². The van der Waals surface area contributed by atoms with Crippen LogP contribution < -0.4 is 11.1 Å². The van der Waals surface area contributed by atoms with Gasteiger partial charge in [0.2, 0.25) is 0 Å². The van der Waals surface area contributed by atoms with Crippen molar-refractivity contribution in [2.24, 2.45) is 0 Å². The Bertz CT molecular complexity index is 570. The summed E-state index contributed by atoms with van der Waals surface area (Å²) >= 11 is 4.54. The lowest BCUT2D eigenvalue weighted by molar-refractivity contribution is 0.102. The van der Waals surface area contributed by atoms with Crippen LogP contribution in [0.1, 0.15) is 10.4 Å². The van der Waals surface area contributed by atoms with E-state index < -0.39 is 5.91 Å². The SMILES string of the molecule is Nc1ccc(O)cc1C(=O)Nc1ncc(Br)s1. The molecule has 1 aromatic carbocycles. The first-order valence-electron chi connectivity index (χ1n) is 4.57. The number of amides is 1. The zero-order chi connectivity index (χ0) is 12.4. The second-order valence-electron chi connectivity index (χ2n) is 3.20. The Kier molecular flexibility index (Phi) is 3.30. The summed E-state index contributed by atoms with van der Waals surface area (Å²) in [6.45, 7) is 0. The van der Waals surface area contributed by atoms with Gasteiger partial charge in [-0.25, -0.2) is 4.98 Å². The molecule has 1 amide bonds. The molecule has 2 rings (SSSR count). The topological polar surface area (TPSA) is 88.2 Å². The first kappa shape index (κ1) is 11.9. The summed E-state index contributed by atoms with van der Waals surface area (Å²) in [5.41, 5.74) is 6.17. The Balaban J connectivity index is 2.22. The number of carbonyl (C=O) groups excluding carboxylic acids is 1. The van der Waals surface area contributed by atoms with E-state index >= 15 is 0 Å². The number of aromatic hydroxyl groups is 1. The van der Waals surface area contributed by atoms with E-state index in [-0.39, 0.29) is 11.3 Å². The summed E-state index contributed by atoms with van der Waals surface area (Å²) in [4.78, 5) is 15.8. The Morgan fingerprint density at radius 3 is 2.94 bits per heavy atom. The predicted molar refractivity (Wildman–Crippen MR) is 70.3 cm³/mol. The Labute approximate surface area is 109 Å². The molecule has 1 heterocycles. The van der Waals surface area contributed by atoms with Crippen LogP contribution >= 0.6 is 27.3 Å². The fourth-order valence-electron chi connectivity index (χ4n) is 1.22. The average Bonchev–Trinajstić information content (AvgIpc) is 2.67. The summed E-state index contributed by atoms with van der Waals surface area (Å²) in [5.74, 6) is -0.412. The molecule has 0 saturated carbocycles. The number of anilines is 2. The maximum Gasteiger partial charge on any atom is 0.259 e. The van der Waals surface area contributed by atoms with E-state index in [0.29, 0.717) is 10.8 Å². The van der Waals surface area contributed by atoms with Crippen LogP contribution in [0.4, 0.5) is 10.8 Å². The number of nitrogens with two attached hydrogens (primary N) is 1. The zero-order valence-corrected chi connectivity index (χ0v) is 10.9. The number of rotatable bonds is 2. The van der Waals surface area contributed by atoms with Gasteiger partial charge in [-0.05, 0) is 34.1 Å². The van der Waals surface area contributed by atoms with Crippen molar-refractivity contribution in [3.8, 4) is 5.75 Å². The minimum atomic E-state index is -0.403. The van der Waals surface area contributed by atoms with E-state index in [1.807, 2.05) is 0 Å². The zero-order valence-electron chi connectivity index (χ0n) is 8.48. The largest absolute Gasteiger partial charge is 0.508 e. The normalized spacial score (nSPS) is 10.2. The minimum absolute atomic E-state index is 0.00957. The lowest BCUT2D eigenvalue weighted by atomic mass is 10.1. The molecule has 0 bridgehead atoms. The molecule has 1 aromatic heterocycles. The van der Waals surface area contributed by atoms with Gasteiger partial charge in [-0.15, -0.1) is 0 Å². The van der Waals surface area contributed by atoms with Gasteiger partial charge in [0, 0.05) is 5.69 Å². The van der Waals surface area contributed by atoms with Gasteiger partial charge in [0.1, 0.15) is 5.75 Å². The molecule has 0 atom stereocenters. The molecular formula is C10H8BrN3O2S. The van der Waals surface area contributed by atoms with Gasteiger partial charge in [0.05, 0.1) is 15.5 Å². The van der Waals surface area contributed by atoms with Crippen LogP contribution in [0.2, 0.25) is 0 Å². The van der Waals surface area contributed by atoms with Crippen LogP contribution in [0.5, 0.6) is 5.75 Å². The van der Waals surface area contributed by atoms with Gasteiger partial charge in [-0.1, -0.05) is 11.3 Å². The summed E-state index contributed by atoms with van der Waals surface area (Å²) < 4.78 is 0.816. The first-order valence-corrected chi connectivity index (χ1v) is 6.18. The number of hydrogen-bond acceptors (Lipinski definition) is 5. The lowest BCUT2D eigenvalue weighted by Crippen LogP contribution is -2.13. The van der Waals surface area contributed by atoms with E-state index in [2.05, 4.69) is 26.2 Å². The molecule has 0 unspecified atom stereocenters. The number of hydrogen-bond donors (Lipinski definition) is 3. The average molecular weight is 314 g/mol. The molecule has 17 heavy (non-hydrogen) atoms. The predicted octanol–water partition coefficient (Wildman–Crippen LogP) is 2.45. The van der Waals surface area contributed by atoms with Crippen molar-refractivity contribution in [1.82, 2.24) is 4.98 Å². The minimum Gasteiger partial charge on any atom is -0.508 e. The van der Waals surface area contributed by atoms with E-state index in [1.54, 1.807) is 6.20 Å². The number of phenolic OH excluding ortho intramolecular Hbond substituents is 1. The molecule has 0 radical (unpaired) electrons. The lowest BCUT2D eigenvalue weighted by Gasteiger charge is -2.05. The van der Waals surface area contributed by atoms with Gasteiger partial charge in [-0.2, -0.15) is 0 Å². The van der Waals surface area contributed by atoms with Crippen LogP contribution in [0.3, 0.4) is 0 Å². The highest BCUT2D eigenvalue weighted by molar-refractivity contribution is 9.11. The fourth-order valence-corrected chi connectivity index (χ4v) is 2.32. The summed E-state index contributed by atoms with van der Waals surface area (Å²) in [6.07, 6.45) is 1.59. The second-order valence-corrected chi connectivity index (χ2v) is 5.61. The number of nitrogens with zero attached hydrogens (tertiary/aromatic N) is 1. The van der Waals surface area contributed by atoms with E-state index in [4.69, 9.17) is 5.73 Å². The summed E-state index contributed by atoms with van der Waals surface area (Å²) in [5, 5.41) is 12.4. The summed E-state index contributed by atoms with van der Waals surface area (Å²) in [6, 6.07) is 4.21. The molecule has 2 aromatic rings. The van der Waals surface area contributed by atoms with Crippen LogP contribution in [0, 0.1) is 0 Å². The maximum atomic E-state index is 11.8. The number of phenols is 1. The number of nitrogen functional groups attached to an aromatic ring is 1. The molecule has 0 aliphatic rings. The van der Waals surface area contributed by atoms with Crippen molar-refractivity contribution >= 4 is 44.0 Å². The van der Waals surface area contributed by atoms with Gasteiger partial charge in [0.25, 0.3) is 5.91 Å². The monoisotopic (exact) mass is 313 g/mol. The first-order chi connectivity index (χ1) is 8.06. The third-order valence-corrected chi connectivity index (χ3v) is 3.37. The molecule has 88 valence electrons. The summed E-state index contributed by atoms with van der Waals surface area (Å²) in [7, 11) is 0. The number of thiazole rings is 1. The van der Waals surface area contributed by atoms with Crippen molar-refractivity contribution in [1.29, 1.82) is 0 Å². The van der Waals surface area contributed by atoms with Gasteiger partial charge >= 0.3 is 0 Å². The molecule has 0 saturated heterocycles. The Morgan fingerprint density at radius 1 is 1.53 bits per heavy atom. The third kappa shape index (κ3) is 2.75. The third-order valence-electron chi connectivity index (χ3n) is 1.98. The van der Waals surface area contributed by atoms with Crippen LogP contribution in [0.15, 0.2) is 28.2 Å². The fraction of sp³-hybridized carbons (Fsp3) is 0. The van der Waals surface area contributed by atoms with Crippen LogP contribution in [-0.4, -0.2) is 16.0 Å². The van der Waals surface area contributed by atoms with Crippen LogP contribution in [-0.2, 0) is 0 Å². The van der Waals surface area contributed by atoms with Crippen molar-refractivity contribution in [3.05, 3.63) is 33.7 Å². The highest BCUT2D eigenvalue weighted by Crippen LogP contribution is 2.25. The van der Waals surface area contributed by atoms with Crippen molar-refractivity contribution in [2.45, 2.75) is 0 Å². The molecule has 0 aliphatic heterocycles. The van der Waals surface area contributed by atoms with Gasteiger partial charge in [-0.3, -0.25) is 10.1 Å². The quantitative estimate of drug-likeness (QED) is 0.587. The number of halogens is 1. The highest BCUT2D eigenvalue weighted by Gasteiger charge is 2.12. The van der Waals surface area contributed by atoms with Gasteiger partial charge < -0.3 is 10.8 Å². The smallest absolute Gasteiger partial charge is 0.259 e. The highest BCUT2D eigenvalue weighted by atomic mass is 79.9. The Morgan fingerprint density at radius 2 is 2.29 bits per heavy atom.